The largest absolute Gasteiger partial charge is 0.496 e. The van der Waals surface area contributed by atoms with Crippen LogP contribution in [0.25, 0.3) is 11.1 Å². The molecule has 1 heterocycles. The van der Waals surface area contributed by atoms with Crippen molar-refractivity contribution < 1.29 is 27.9 Å². The van der Waals surface area contributed by atoms with Gasteiger partial charge in [0.1, 0.15) is 19.4 Å². The molecule has 0 saturated heterocycles. The van der Waals surface area contributed by atoms with Crippen molar-refractivity contribution in [2.75, 3.05) is 14.2 Å². The number of methoxy groups -OCH3 is 1. The van der Waals surface area contributed by atoms with Gasteiger partial charge in [0.15, 0.2) is 11.6 Å². The summed E-state index contributed by atoms with van der Waals surface area (Å²) >= 11 is 0. The number of ether oxygens (including phenoxy) is 1. The lowest BCUT2D eigenvalue weighted by molar-refractivity contribution is -0.890. The predicted octanol–water partition coefficient (Wildman–Crippen LogP) is 2.92. The monoisotopic (exact) mass is 385 g/mol. The maximum absolute atomic E-state index is 13.7. The first kappa shape index (κ1) is 19.3. The molecule has 0 spiro atoms. The minimum absolute atomic E-state index is 0.182. The van der Waals surface area contributed by atoms with Crippen molar-refractivity contribution in [1.82, 2.24) is 5.32 Å². The zero-order valence-corrected chi connectivity index (χ0v) is 15.4. The minimum atomic E-state index is -0.996. The van der Waals surface area contributed by atoms with Crippen molar-refractivity contribution in [3.8, 4) is 16.9 Å². The maximum atomic E-state index is 13.7. The van der Waals surface area contributed by atoms with E-state index in [-0.39, 0.29) is 18.2 Å². The molecule has 0 saturated carbocycles. The highest BCUT2D eigenvalue weighted by molar-refractivity contribution is 5.95. The molecule has 1 aromatic heterocycles. The van der Waals surface area contributed by atoms with Gasteiger partial charge >= 0.3 is 0 Å². The molecule has 0 aliphatic heterocycles. The molecule has 1 amide bonds. The Hall–Kier alpha value is -3.48. The highest BCUT2D eigenvalue weighted by atomic mass is 19.2. The van der Waals surface area contributed by atoms with E-state index in [4.69, 9.17) is 9.57 Å². The maximum Gasteiger partial charge on any atom is 0.253 e. The van der Waals surface area contributed by atoms with Crippen LogP contribution >= 0.6 is 0 Å². The molecule has 1 N–H and O–H groups in total. The van der Waals surface area contributed by atoms with Crippen LogP contribution in [0.3, 0.4) is 0 Å². The fraction of sp³-hybridized carbons (Fsp3) is 0.143. The summed E-state index contributed by atoms with van der Waals surface area (Å²) in [5.41, 5.74) is 2.03. The third-order valence-corrected chi connectivity index (χ3v) is 4.21. The fourth-order valence-corrected chi connectivity index (χ4v) is 2.80. The van der Waals surface area contributed by atoms with Crippen LogP contribution in [0.1, 0.15) is 16.1 Å². The number of hydrogen-bond donors (Lipinski definition) is 1. The van der Waals surface area contributed by atoms with E-state index in [0.29, 0.717) is 16.7 Å². The molecular formula is C21H19F2N2O3+. The summed E-state index contributed by atoms with van der Waals surface area (Å²) < 4.78 is 33.8. The normalized spacial score (nSPS) is 10.4. The lowest BCUT2D eigenvalue weighted by Crippen LogP contribution is -2.45. The van der Waals surface area contributed by atoms with Gasteiger partial charge in [-0.05, 0) is 29.8 Å². The van der Waals surface area contributed by atoms with Crippen LogP contribution in [0.2, 0.25) is 0 Å². The van der Waals surface area contributed by atoms with Crippen molar-refractivity contribution in [2.24, 2.45) is 0 Å². The Morgan fingerprint density at radius 1 is 1.04 bits per heavy atom. The quantitative estimate of drug-likeness (QED) is 0.664. The van der Waals surface area contributed by atoms with Crippen LogP contribution in [0, 0.1) is 11.6 Å². The molecule has 0 unspecified atom stereocenters. The van der Waals surface area contributed by atoms with Crippen LogP contribution in [0.5, 0.6) is 5.75 Å². The van der Waals surface area contributed by atoms with E-state index in [1.807, 2.05) is 18.2 Å². The van der Waals surface area contributed by atoms with Gasteiger partial charge in [-0.25, -0.2) is 8.78 Å². The Kier molecular flexibility index (Phi) is 5.84. The molecule has 2 aromatic carbocycles. The second-order valence-corrected chi connectivity index (χ2v) is 5.93. The minimum Gasteiger partial charge on any atom is -0.496 e. The molecular weight excluding hydrogens is 366 g/mol. The summed E-state index contributed by atoms with van der Waals surface area (Å²) in [6.45, 7) is 0.256. The molecule has 0 fully saturated rings. The van der Waals surface area contributed by atoms with E-state index in [2.05, 4.69) is 5.32 Å². The third kappa shape index (κ3) is 4.09. The Bertz CT molecular complexity index is 1010. The topological polar surface area (TPSA) is 51.4 Å². The summed E-state index contributed by atoms with van der Waals surface area (Å²) in [7, 11) is 2.90. The highest BCUT2D eigenvalue weighted by Crippen LogP contribution is 2.32. The van der Waals surface area contributed by atoms with Crippen LogP contribution in [0.15, 0.2) is 60.8 Å². The first-order valence-corrected chi connectivity index (χ1v) is 8.49. The van der Waals surface area contributed by atoms with Gasteiger partial charge in [0.05, 0.1) is 7.11 Å². The summed E-state index contributed by atoms with van der Waals surface area (Å²) in [6, 6.07) is 14.1. The van der Waals surface area contributed by atoms with E-state index >= 15 is 0 Å². The lowest BCUT2D eigenvalue weighted by atomic mass is 10.0. The summed E-state index contributed by atoms with van der Waals surface area (Å²) in [4.78, 5) is 17.7. The first-order chi connectivity index (χ1) is 13.5. The molecule has 144 valence electrons. The van der Waals surface area contributed by atoms with Gasteiger partial charge in [0.25, 0.3) is 11.6 Å². The number of aromatic nitrogens is 1. The number of amides is 1. The summed E-state index contributed by atoms with van der Waals surface area (Å²) in [5.74, 6) is -2.11. The van der Waals surface area contributed by atoms with E-state index in [9.17, 15) is 13.6 Å². The first-order valence-electron chi connectivity index (χ1n) is 8.49. The Morgan fingerprint density at radius 3 is 2.57 bits per heavy atom. The molecule has 3 rings (SSSR count). The van der Waals surface area contributed by atoms with Gasteiger partial charge < -0.3 is 10.1 Å². The molecule has 28 heavy (non-hydrogen) atoms. The van der Waals surface area contributed by atoms with E-state index in [1.165, 1.54) is 14.2 Å². The van der Waals surface area contributed by atoms with Gasteiger partial charge in [-0.2, -0.15) is 0 Å². The van der Waals surface area contributed by atoms with Crippen LogP contribution in [0.4, 0.5) is 8.78 Å². The number of halogens is 2. The number of pyridine rings is 1. The van der Waals surface area contributed by atoms with Crippen molar-refractivity contribution in [3.63, 3.8) is 0 Å². The van der Waals surface area contributed by atoms with E-state index in [1.54, 1.807) is 35.2 Å². The van der Waals surface area contributed by atoms with Gasteiger partial charge in [-0.1, -0.05) is 12.1 Å². The number of hydrogen-bond acceptors (Lipinski definition) is 3. The third-order valence-electron chi connectivity index (χ3n) is 4.21. The molecule has 0 aliphatic carbocycles. The summed E-state index contributed by atoms with van der Waals surface area (Å²) in [6.07, 6.45) is 1.73. The average molecular weight is 385 g/mol. The second-order valence-electron chi connectivity index (χ2n) is 5.93. The van der Waals surface area contributed by atoms with Crippen molar-refractivity contribution >= 4 is 5.91 Å². The van der Waals surface area contributed by atoms with E-state index in [0.717, 1.165) is 17.8 Å². The smallest absolute Gasteiger partial charge is 0.253 e. The number of nitrogens with one attached hydrogen (secondary N) is 1. The van der Waals surface area contributed by atoms with Gasteiger partial charge in [0, 0.05) is 34.1 Å². The Morgan fingerprint density at radius 2 is 1.82 bits per heavy atom. The van der Waals surface area contributed by atoms with Crippen LogP contribution in [-0.2, 0) is 6.54 Å². The Labute approximate surface area is 161 Å². The lowest BCUT2D eigenvalue weighted by Gasteiger charge is -2.11. The van der Waals surface area contributed by atoms with Gasteiger partial charge in [0.2, 0.25) is 6.20 Å². The number of nitrogens with zero attached hydrogens (tertiary/aromatic N) is 1. The van der Waals surface area contributed by atoms with Gasteiger partial charge in [-0.15, -0.1) is 0 Å². The molecule has 0 radical (unpaired) electrons. The van der Waals surface area contributed by atoms with Gasteiger partial charge in [-0.3, -0.25) is 9.63 Å². The highest BCUT2D eigenvalue weighted by Gasteiger charge is 2.16. The average Bonchev–Trinajstić information content (AvgIpc) is 2.73. The molecule has 0 bridgehead atoms. The molecule has 3 aromatic rings. The van der Waals surface area contributed by atoms with Crippen molar-refractivity contribution in [1.29, 1.82) is 0 Å². The number of carbonyl (C=O) groups excluding carboxylic acids is 1. The number of rotatable bonds is 6. The molecule has 7 heteroatoms. The predicted molar refractivity (Wildman–Crippen MR) is 98.7 cm³/mol. The van der Waals surface area contributed by atoms with Crippen molar-refractivity contribution in [2.45, 2.75) is 6.54 Å². The van der Waals surface area contributed by atoms with Crippen LogP contribution in [-0.4, -0.2) is 20.1 Å². The van der Waals surface area contributed by atoms with Crippen LogP contribution < -0.4 is 19.6 Å². The summed E-state index contributed by atoms with van der Waals surface area (Å²) in [5, 5.41) is 2.81. The fourth-order valence-electron chi connectivity index (χ4n) is 2.80. The van der Waals surface area contributed by atoms with E-state index < -0.39 is 11.6 Å². The molecule has 0 aliphatic rings. The molecule has 0 atom stereocenters. The number of benzene rings is 2. The zero-order chi connectivity index (χ0) is 20.1. The van der Waals surface area contributed by atoms with Crippen molar-refractivity contribution in [3.05, 3.63) is 83.7 Å². The number of carbonyl (C=O) groups is 1. The zero-order valence-electron chi connectivity index (χ0n) is 15.4. The Balaban J connectivity index is 1.83. The SMILES string of the molecule is COc1cc(F)c(F)cc1-c1cccc(C(=O)NCc2cccc[n+]2OC)c1. The standard InChI is InChI=1S/C21H18F2N2O3/c1-27-20-12-19(23)18(22)11-17(20)14-6-5-7-15(10-14)21(26)24-13-16-8-3-4-9-25(16)28-2/h3-12H,13H2,1-2H3/p+1. The second kappa shape index (κ2) is 8.47. The molecule has 5 nitrogen and oxygen atoms in total.